The van der Waals surface area contributed by atoms with Gasteiger partial charge in [0.2, 0.25) is 5.91 Å². The average molecular weight is 395 g/mol. The van der Waals surface area contributed by atoms with Crippen LogP contribution in [-0.2, 0) is 14.3 Å². The second-order valence-electron chi connectivity index (χ2n) is 5.54. The van der Waals surface area contributed by atoms with E-state index < -0.39 is 24.0 Å². The third kappa shape index (κ3) is 5.31. The highest BCUT2D eigenvalue weighted by atomic mass is 35.5. The third-order valence-corrected chi connectivity index (χ3v) is 4.89. The summed E-state index contributed by atoms with van der Waals surface area (Å²) in [6.45, 7) is 1.57. The molecule has 2 amide bonds. The minimum Gasteiger partial charge on any atom is -0.469 e. The van der Waals surface area contributed by atoms with E-state index in [9.17, 15) is 14.4 Å². The van der Waals surface area contributed by atoms with Gasteiger partial charge in [0.25, 0.3) is 5.91 Å². The molecule has 2 N–H and O–H groups in total. The summed E-state index contributed by atoms with van der Waals surface area (Å²) in [7, 11) is 1.28. The highest BCUT2D eigenvalue weighted by molar-refractivity contribution is 7.12. The SMILES string of the molecule is COC(=O)CC(NC(=O)C(C)NC(=O)c1cccs1)c1ccccc1Cl. The molecule has 1 aromatic heterocycles. The third-order valence-electron chi connectivity index (χ3n) is 3.68. The van der Waals surface area contributed by atoms with Crippen LogP contribution < -0.4 is 10.6 Å². The standard InChI is InChI=1S/C18H19ClN2O4S/c1-11(20-18(24)15-8-5-9-26-15)17(23)21-14(10-16(22)25-2)12-6-3-4-7-13(12)19/h3-9,11,14H,10H2,1-2H3,(H,20,24)(H,21,23). The van der Waals surface area contributed by atoms with Crippen LogP contribution in [-0.4, -0.2) is 30.9 Å². The van der Waals surface area contributed by atoms with Crippen LogP contribution in [0.25, 0.3) is 0 Å². The molecule has 2 aromatic rings. The van der Waals surface area contributed by atoms with Crippen molar-refractivity contribution in [2.24, 2.45) is 0 Å². The van der Waals surface area contributed by atoms with Gasteiger partial charge in [-0.05, 0) is 30.0 Å². The molecule has 0 spiro atoms. The minimum absolute atomic E-state index is 0.0719. The normalized spacial score (nSPS) is 12.7. The van der Waals surface area contributed by atoms with Gasteiger partial charge in [-0.25, -0.2) is 0 Å². The summed E-state index contributed by atoms with van der Waals surface area (Å²) < 4.78 is 4.70. The van der Waals surface area contributed by atoms with Gasteiger partial charge in [0.05, 0.1) is 24.4 Å². The number of esters is 1. The fourth-order valence-electron chi connectivity index (χ4n) is 2.28. The van der Waals surface area contributed by atoms with Crippen LogP contribution in [0.2, 0.25) is 5.02 Å². The summed E-state index contributed by atoms with van der Waals surface area (Å²) >= 11 is 7.48. The first-order valence-corrected chi connectivity index (χ1v) is 9.14. The second-order valence-corrected chi connectivity index (χ2v) is 6.89. The number of halogens is 1. The number of thiophene rings is 1. The smallest absolute Gasteiger partial charge is 0.307 e. The molecule has 1 aromatic carbocycles. The Kier molecular flexibility index (Phi) is 7.17. The van der Waals surface area contributed by atoms with Crippen molar-refractivity contribution in [3.8, 4) is 0 Å². The Morgan fingerprint density at radius 3 is 2.50 bits per heavy atom. The first-order valence-electron chi connectivity index (χ1n) is 7.88. The molecule has 0 aliphatic heterocycles. The maximum atomic E-state index is 12.5. The molecule has 0 bridgehead atoms. The zero-order valence-corrected chi connectivity index (χ0v) is 15.9. The molecule has 0 aliphatic carbocycles. The topological polar surface area (TPSA) is 84.5 Å². The molecule has 2 rings (SSSR count). The van der Waals surface area contributed by atoms with E-state index in [4.69, 9.17) is 16.3 Å². The second kappa shape index (κ2) is 9.35. The summed E-state index contributed by atoms with van der Waals surface area (Å²) in [6, 6.07) is 8.91. The Morgan fingerprint density at radius 1 is 1.15 bits per heavy atom. The van der Waals surface area contributed by atoms with Crippen molar-refractivity contribution in [3.63, 3.8) is 0 Å². The Labute approximate surface area is 160 Å². The number of carbonyl (C=O) groups excluding carboxylic acids is 3. The summed E-state index contributed by atoms with van der Waals surface area (Å²) in [5.74, 6) is -1.24. The van der Waals surface area contributed by atoms with Gasteiger partial charge in [-0.15, -0.1) is 11.3 Å². The lowest BCUT2D eigenvalue weighted by atomic mass is 10.0. The molecule has 2 unspecified atom stereocenters. The van der Waals surface area contributed by atoms with Gasteiger partial charge in [-0.2, -0.15) is 0 Å². The van der Waals surface area contributed by atoms with E-state index in [-0.39, 0.29) is 12.3 Å². The molecule has 138 valence electrons. The summed E-state index contributed by atoms with van der Waals surface area (Å²) in [5, 5.41) is 7.59. The molecule has 0 saturated carbocycles. The largest absolute Gasteiger partial charge is 0.469 e. The summed E-state index contributed by atoms with van der Waals surface area (Å²) in [5.41, 5.74) is 0.602. The highest BCUT2D eigenvalue weighted by Crippen LogP contribution is 2.25. The lowest BCUT2D eigenvalue weighted by Gasteiger charge is -2.22. The van der Waals surface area contributed by atoms with Crippen molar-refractivity contribution in [2.75, 3.05) is 7.11 Å². The van der Waals surface area contributed by atoms with Gasteiger partial charge in [-0.1, -0.05) is 35.9 Å². The van der Waals surface area contributed by atoms with Crippen LogP contribution in [0.5, 0.6) is 0 Å². The van der Waals surface area contributed by atoms with Gasteiger partial charge in [0.15, 0.2) is 0 Å². The van der Waals surface area contributed by atoms with E-state index in [1.54, 1.807) is 48.7 Å². The van der Waals surface area contributed by atoms with Gasteiger partial charge < -0.3 is 15.4 Å². The molecular formula is C18H19ClN2O4S. The first kappa shape index (κ1) is 19.9. The fourth-order valence-corrected chi connectivity index (χ4v) is 3.18. The van der Waals surface area contributed by atoms with Crippen molar-refractivity contribution in [3.05, 3.63) is 57.2 Å². The molecule has 1 heterocycles. The van der Waals surface area contributed by atoms with Crippen LogP contribution in [0, 0.1) is 0 Å². The van der Waals surface area contributed by atoms with E-state index in [1.165, 1.54) is 18.4 Å². The summed E-state index contributed by atoms with van der Waals surface area (Å²) in [6.07, 6.45) is -0.0719. The Bertz CT molecular complexity index is 779. The zero-order chi connectivity index (χ0) is 19.1. The predicted molar refractivity (Wildman–Crippen MR) is 100 cm³/mol. The lowest BCUT2D eigenvalue weighted by Crippen LogP contribution is -2.46. The van der Waals surface area contributed by atoms with Gasteiger partial charge in [0.1, 0.15) is 6.04 Å². The van der Waals surface area contributed by atoms with Crippen molar-refractivity contribution in [1.29, 1.82) is 0 Å². The molecule has 2 atom stereocenters. The maximum Gasteiger partial charge on any atom is 0.307 e. The molecule has 0 fully saturated rings. The number of ether oxygens (including phenoxy) is 1. The van der Waals surface area contributed by atoms with Crippen molar-refractivity contribution < 1.29 is 19.1 Å². The number of benzene rings is 1. The van der Waals surface area contributed by atoms with Crippen molar-refractivity contribution >= 4 is 40.7 Å². The predicted octanol–water partition coefficient (Wildman–Crippen LogP) is 2.94. The monoisotopic (exact) mass is 394 g/mol. The molecule has 0 aliphatic rings. The first-order chi connectivity index (χ1) is 12.4. The average Bonchev–Trinajstić information content (AvgIpc) is 3.16. The van der Waals surface area contributed by atoms with E-state index in [0.29, 0.717) is 15.5 Å². The Morgan fingerprint density at radius 2 is 1.88 bits per heavy atom. The van der Waals surface area contributed by atoms with Gasteiger partial charge >= 0.3 is 5.97 Å². The molecule has 0 saturated heterocycles. The number of methoxy groups -OCH3 is 1. The number of nitrogens with one attached hydrogen (secondary N) is 2. The number of hydrogen-bond acceptors (Lipinski definition) is 5. The van der Waals surface area contributed by atoms with Crippen LogP contribution in [0.1, 0.15) is 34.6 Å². The molecule has 6 nitrogen and oxygen atoms in total. The van der Waals surface area contributed by atoms with Crippen LogP contribution in [0.15, 0.2) is 41.8 Å². The van der Waals surface area contributed by atoms with E-state index in [0.717, 1.165) is 0 Å². The molecule has 26 heavy (non-hydrogen) atoms. The highest BCUT2D eigenvalue weighted by Gasteiger charge is 2.24. The van der Waals surface area contributed by atoms with Crippen LogP contribution in [0.4, 0.5) is 0 Å². The number of carbonyl (C=O) groups is 3. The molecule has 8 heteroatoms. The number of hydrogen-bond donors (Lipinski definition) is 2. The summed E-state index contributed by atoms with van der Waals surface area (Å²) in [4.78, 5) is 36.8. The quantitative estimate of drug-likeness (QED) is 0.707. The van der Waals surface area contributed by atoms with Gasteiger partial charge in [-0.3, -0.25) is 14.4 Å². The fraction of sp³-hybridized carbons (Fsp3) is 0.278. The van der Waals surface area contributed by atoms with E-state index >= 15 is 0 Å². The van der Waals surface area contributed by atoms with Crippen molar-refractivity contribution in [2.45, 2.75) is 25.4 Å². The lowest BCUT2D eigenvalue weighted by molar-refractivity contribution is -0.141. The van der Waals surface area contributed by atoms with E-state index in [2.05, 4.69) is 10.6 Å². The Hall–Kier alpha value is -2.38. The Balaban J connectivity index is 2.08. The molecular weight excluding hydrogens is 376 g/mol. The number of amides is 2. The van der Waals surface area contributed by atoms with Crippen LogP contribution >= 0.6 is 22.9 Å². The van der Waals surface area contributed by atoms with Crippen molar-refractivity contribution in [1.82, 2.24) is 10.6 Å². The van der Waals surface area contributed by atoms with Crippen LogP contribution in [0.3, 0.4) is 0 Å². The maximum absolute atomic E-state index is 12.5. The minimum atomic E-state index is -0.785. The number of rotatable bonds is 7. The van der Waals surface area contributed by atoms with Gasteiger partial charge in [0, 0.05) is 5.02 Å². The zero-order valence-electron chi connectivity index (χ0n) is 14.3. The molecule has 0 radical (unpaired) electrons. The van der Waals surface area contributed by atoms with E-state index in [1.807, 2.05) is 0 Å².